The van der Waals surface area contributed by atoms with Crippen LogP contribution in [-0.4, -0.2) is 22.4 Å². The Hall–Kier alpha value is -1.27. The van der Waals surface area contributed by atoms with Crippen molar-refractivity contribution >= 4 is 28.6 Å². The molecule has 0 aromatic carbocycles. The van der Waals surface area contributed by atoms with Crippen LogP contribution in [0.4, 0.5) is 0 Å². The van der Waals surface area contributed by atoms with Gasteiger partial charge < -0.3 is 5.32 Å². The fourth-order valence-corrected chi connectivity index (χ4v) is 2.42. The highest BCUT2D eigenvalue weighted by molar-refractivity contribution is 7.09. The molecule has 2 rings (SSSR count). The van der Waals surface area contributed by atoms with E-state index in [4.69, 9.17) is 0 Å². The predicted octanol–water partition coefficient (Wildman–Crippen LogP) is 1.88. The van der Waals surface area contributed by atoms with Crippen molar-refractivity contribution in [2.75, 3.05) is 6.54 Å². The molecule has 0 fully saturated rings. The number of thiazole rings is 2. The molecule has 16 heavy (non-hydrogen) atoms. The van der Waals surface area contributed by atoms with Crippen LogP contribution in [0.5, 0.6) is 0 Å². The fourth-order valence-electron chi connectivity index (χ4n) is 1.24. The highest BCUT2D eigenvalue weighted by Crippen LogP contribution is 2.08. The lowest BCUT2D eigenvalue weighted by Gasteiger charge is -2.00. The first-order valence-electron chi connectivity index (χ1n) is 4.83. The molecular formula is C10H11N3OS2. The third kappa shape index (κ3) is 2.86. The van der Waals surface area contributed by atoms with E-state index in [0.717, 1.165) is 17.1 Å². The monoisotopic (exact) mass is 253 g/mol. The van der Waals surface area contributed by atoms with Gasteiger partial charge in [0, 0.05) is 23.7 Å². The fraction of sp³-hybridized carbons (Fsp3) is 0.300. The minimum atomic E-state index is -0.117. The van der Waals surface area contributed by atoms with Crippen LogP contribution >= 0.6 is 22.7 Å². The normalized spacial score (nSPS) is 10.3. The van der Waals surface area contributed by atoms with Crippen LogP contribution in [0.15, 0.2) is 16.3 Å². The van der Waals surface area contributed by atoms with Crippen LogP contribution < -0.4 is 5.32 Å². The maximum absolute atomic E-state index is 11.5. The molecule has 0 unspecified atom stereocenters. The van der Waals surface area contributed by atoms with Crippen LogP contribution in [0.25, 0.3) is 0 Å². The Balaban J connectivity index is 1.78. The van der Waals surface area contributed by atoms with Crippen molar-refractivity contribution in [2.24, 2.45) is 0 Å². The molecular weight excluding hydrogens is 242 g/mol. The van der Waals surface area contributed by atoms with Gasteiger partial charge in [0.05, 0.1) is 16.2 Å². The summed E-state index contributed by atoms with van der Waals surface area (Å²) in [4.78, 5) is 19.8. The number of aryl methyl sites for hydroxylation is 1. The molecule has 2 aromatic heterocycles. The molecule has 0 spiro atoms. The van der Waals surface area contributed by atoms with E-state index in [-0.39, 0.29) is 5.91 Å². The summed E-state index contributed by atoms with van der Waals surface area (Å²) < 4.78 is 0. The lowest BCUT2D eigenvalue weighted by Crippen LogP contribution is -2.25. The van der Waals surface area contributed by atoms with Crippen LogP contribution in [0.2, 0.25) is 0 Å². The number of hydrogen-bond donors (Lipinski definition) is 1. The maximum Gasteiger partial charge on any atom is 0.270 e. The summed E-state index contributed by atoms with van der Waals surface area (Å²) in [7, 11) is 0. The Kier molecular flexibility index (Phi) is 3.63. The quantitative estimate of drug-likeness (QED) is 0.905. The summed E-state index contributed by atoms with van der Waals surface area (Å²) >= 11 is 3.04. The van der Waals surface area contributed by atoms with E-state index in [1.165, 1.54) is 11.3 Å². The predicted molar refractivity (Wildman–Crippen MR) is 65.0 cm³/mol. The highest BCUT2D eigenvalue weighted by Gasteiger charge is 2.06. The SMILES string of the molecule is Cc1nc(CCNC(=O)c2cscn2)cs1. The molecule has 4 nitrogen and oxygen atoms in total. The molecule has 0 aliphatic carbocycles. The minimum absolute atomic E-state index is 0.117. The summed E-state index contributed by atoms with van der Waals surface area (Å²) in [6.07, 6.45) is 0.764. The van der Waals surface area contributed by atoms with Crippen molar-refractivity contribution < 1.29 is 4.79 Å². The minimum Gasteiger partial charge on any atom is -0.350 e. The zero-order chi connectivity index (χ0) is 11.4. The number of carbonyl (C=O) groups excluding carboxylic acids is 1. The van der Waals surface area contributed by atoms with Gasteiger partial charge in [0.1, 0.15) is 5.69 Å². The van der Waals surface area contributed by atoms with Gasteiger partial charge in [-0.3, -0.25) is 4.79 Å². The van der Waals surface area contributed by atoms with Crippen molar-refractivity contribution in [3.63, 3.8) is 0 Å². The number of nitrogens with zero attached hydrogens (tertiary/aromatic N) is 2. The zero-order valence-corrected chi connectivity index (χ0v) is 10.4. The lowest BCUT2D eigenvalue weighted by atomic mass is 10.3. The van der Waals surface area contributed by atoms with Crippen molar-refractivity contribution in [3.05, 3.63) is 32.7 Å². The molecule has 1 N–H and O–H groups in total. The number of carbonyl (C=O) groups is 1. The second-order valence-corrected chi connectivity index (χ2v) is 5.02. The molecule has 2 heterocycles. The molecule has 6 heteroatoms. The number of hydrogen-bond acceptors (Lipinski definition) is 5. The molecule has 0 atom stereocenters. The molecule has 0 aliphatic heterocycles. The van der Waals surface area contributed by atoms with Gasteiger partial charge in [0.2, 0.25) is 0 Å². The third-order valence-corrected chi connectivity index (χ3v) is 3.41. The number of amides is 1. The third-order valence-electron chi connectivity index (χ3n) is 2.00. The Morgan fingerprint density at radius 2 is 2.38 bits per heavy atom. The number of rotatable bonds is 4. The van der Waals surface area contributed by atoms with Crippen LogP contribution in [0, 0.1) is 6.92 Å². The van der Waals surface area contributed by atoms with E-state index in [9.17, 15) is 4.79 Å². The van der Waals surface area contributed by atoms with E-state index >= 15 is 0 Å². The van der Waals surface area contributed by atoms with Crippen molar-refractivity contribution in [1.29, 1.82) is 0 Å². The first-order valence-corrected chi connectivity index (χ1v) is 6.65. The van der Waals surface area contributed by atoms with Crippen molar-refractivity contribution in [3.8, 4) is 0 Å². The summed E-state index contributed by atoms with van der Waals surface area (Å²) in [6, 6.07) is 0. The Bertz CT molecular complexity index is 464. The average molecular weight is 253 g/mol. The van der Waals surface area contributed by atoms with Gasteiger partial charge >= 0.3 is 0 Å². The van der Waals surface area contributed by atoms with E-state index in [1.54, 1.807) is 22.2 Å². The van der Waals surface area contributed by atoms with E-state index in [2.05, 4.69) is 15.3 Å². The highest BCUT2D eigenvalue weighted by atomic mass is 32.1. The standard InChI is InChI=1S/C10H11N3OS2/c1-7-13-8(4-16-7)2-3-11-10(14)9-5-15-6-12-9/h4-6H,2-3H2,1H3,(H,11,14). The van der Waals surface area contributed by atoms with Crippen LogP contribution in [-0.2, 0) is 6.42 Å². The summed E-state index contributed by atoms with van der Waals surface area (Å²) in [5.74, 6) is -0.117. The van der Waals surface area contributed by atoms with Crippen molar-refractivity contribution in [2.45, 2.75) is 13.3 Å². The topological polar surface area (TPSA) is 54.9 Å². The Morgan fingerprint density at radius 1 is 1.50 bits per heavy atom. The molecule has 0 radical (unpaired) electrons. The first kappa shape index (κ1) is 11.2. The second kappa shape index (κ2) is 5.18. The average Bonchev–Trinajstić information content (AvgIpc) is 2.89. The second-order valence-electron chi connectivity index (χ2n) is 3.24. The molecule has 0 aliphatic rings. The Morgan fingerprint density at radius 3 is 3.00 bits per heavy atom. The van der Waals surface area contributed by atoms with Gasteiger partial charge in [0.15, 0.2) is 0 Å². The molecule has 2 aromatic rings. The van der Waals surface area contributed by atoms with Gasteiger partial charge in [0.25, 0.3) is 5.91 Å². The lowest BCUT2D eigenvalue weighted by molar-refractivity contribution is 0.0950. The summed E-state index contributed by atoms with van der Waals surface area (Å²) in [6.45, 7) is 2.57. The largest absolute Gasteiger partial charge is 0.350 e. The van der Waals surface area contributed by atoms with E-state index in [1.807, 2.05) is 12.3 Å². The van der Waals surface area contributed by atoms with Crippen molar-refractivity contribution in [1.82, 2.24) is 15.3 Å². The number of nitrogens with one attached hydrogen (secondary N) is 1. The van der Waals surface area contributed by atoms with Gasteiger partial charge in [-0.15, -0.1) is 22.7 Å². The Labute approximate surface area is 101 Å². The van der Waals surface area contributed by atoms with Gasteiger partial charge in [-0.2, -0.15) is 0 Å². The first-order chi connectivity index (χ1) is 7.75. The summed E-state index contributed by atoms with van der Waals surface area (Å²) in [5.41, 5.74) is 3.17. The van der Waals surface area contributed by atoms with Gasteiger partial charge in [-0.25, -0.2) is 9.97 Å². The van der Waals surface area contributed by atoms with E-state index in [0.29, 0.717) is 12.2 Å². The maximum atomic E-state index is 11.5. The smallest absolute Gasteiger partial charge is 0.270 e. The van der Waals surface area contributed by atoms with Gasteiger partial charge in [-0.1, -0.05) is 0 Å². The zero-order valence-electron chi connectivity index (χ0n) is 8.77. The van der Waals surface area contributed by atoms with Crippen LogP contribution in [0.1, 0.15) is 21.2 Å². The molecule has 0 saturated carbocycles. The summed E-state index contributed by atoms with van der Waals surface area (Å²) in [5, 5.41) is 7.63. The van der Waals surface area contributed by atoms with Crippen LogP contribution in [0.3, 0.4) is 0 Å². The number of aromatic nitrogens is 2. The molecule has 1 amide bonds. The molecule has 84 valence electrons. The molecule has 0 bridgehead atoms. The molecule has 0 saturated heterocycles. The van der Waals surface area contributed by atoms with E-state index < -0.39 is 0 Å². The van der Waals surface area contributed by atoms with Gasteiger partial charge in [-0.05, 0) is 6.92 Å².